The second-order valence-corrected chi connectivity index (χ2v) is 15.4. The summed E-state index contributed by atoms with van der Waals surface area (Å²) >= 11 is 0. The number of ether oxygens (including phenoxy) is 3. The molecule has 2 saturated carbocycles. The summed E-state index contributed by atoms with van der Waals surface area (Å²) < 4.78 is 57.7. The van der Waals surface area contributed by atoms with Crippen LogP contribution in [0.5, 0.6) is 11.6 Å². The lowest BCUT2D eigenvalue weighted by atomic mass is 9.61. The molecule has 2 saturated heterocycles. The zero-order valence-corrected chi connectivity index (χ0v) is 29.3. The average Bonchev–Trinajstić information content (AvgIpc) is 3.63. The summed E-state index contributed by atoms with van der Waals surface area (Å²) in [7, 11) is 0. The predicted octanol–water partition coefficient (Wildman–Crippen LogP) is 8.45. The van der Waals surface area contributed by atoms with E-state index in [2.05, 4.69) is 45.1 Å². The van der Waals surface area contributed by atoms with Crippen LogP contribution in [-0.2, 0) is 17.3 Å². The van der Waals surface area contributed by atoms with Crippen molar-refractivity contribution in [3.63, 3.8) is 0 Å². The zero-order valence-electron chi connectivity index (χ0n) is 29.3. The van der Waals surface area contributed by atoms with Gasteiger partial charge in [-0.15, -0.1) is 0 Å². The van der Waals surface area contributed by atoms with Crippen LogP contribution in [0.3, 0.4) is 0 Å². The van der Waals surface area contributed by atoms with Gasteiger partial charge in [-0.05, 0) is 109 Å². The van der Waals surface area contributed by atoms with E-state index in [9.17, 15) is 18.3 Å². The Morgan fingerprint density at radius 3 is 2.54 bits per heavy atom. The van der Waals surface area contributed by atoms with Gasteiger partial charge in [0.05, 0.1) is 19.3 Å². The highest BCUT2D eigenvalue weighted by atomic mass is 19.4. The monoisotopic (exact) mass is 721 g/mol. The van der Waals surface area contributed by atoms with Gasteiger partial charge < -0.3 is 24.2 Å². The van der Waals surface area contributed by atoms with E-state index in [1.807, 2.05) is 12.1 Å². The van der Waals surface area contributed by atoms with Gasteiger partial charge in [0.1, 0.15) is 23.7 Å². The number of halogens is 3. The molecule has 52 heavy (non-hydrogen) atoms. The van der Waals surface area contributed by atoms with Gasteiger partial charge in [-0.3, -0.25) is 4.90 Å². The highest BCUT2D eigenvalue weighted by molar-refractivity contribution is 5.48. The third kappa shape index (κ3) is 8.09. The number of fused-ring (bicyclic) bond motifs is 5. The van der Waals surface area contributed by atoms with Crippen molar-refractivity contribution in [2.45, 2.75) is 95.6 Å². The first-order chi connectivity index (χ1) is 24.8. The number of alkyl halides is 3. The number of hydrogen-bond acceptors (Lipinski definition) is 7. The van der Waals surface area contributed by atoms with E-state index in [0.29, 0.717) is 0 Å². The largest absolute Gasteiger partial charge is 0.494 e. The minimum atomic E-state index is -4.57. The predicted molar refractivity (Wildman–Crippen MR) is 196 cm³/mol. The first kappa shape index (κ1) is 37.0. The molecule has 2 aromatic carbocycles. The first-order valence-corrected chi connectivity index (χ1v) is 19.1. The molecule has 1 N–H and O–H groups in total. The SMILES string of the molecule is C.O[C@H]1CO[C@@H](c2ccc(N3CCN(CCCOc4ccc5c(c4)CCC4[C@@H]6CCCC6CC[C@H]54)CC3)cc2)[C@H](Oc2cccc(C(F)(F)F)n2)C1. The molecule has 1 aromatic heterocycles. The van der Waals surface area contributed by atoms with Crippen molar-refractivity contribution in [1.29, 1.82) is 0 Å². The van der Waals surface area contributed by atoms with Gasteiger partial charge in [0, 0.05) is 50.9 Å². The number of piperazine rings is 1. The second-order valence-electron chi connectivity index (χ2n) is 15.4. The minimum Gasteiger partial charge on any atom is -0.494 e. The van der Waals surface area contributed by atoms with E-state index in [4.69, 9.17) is 14.2 Å². The molecule has 7 atom stereocenters. The number of pyridine rings is 1. The highest BCUT2D eigenvalue weighted by Gasteiger charge is 2.44. The zero-order chi connectivity index (χ0) is 35.0. The molecular weight excluding hydrogens is 667 g/mol. The molecule has 0 amide bonds. The van der Waals surface area contributed by atoms with Gasteiger partial charge in [-0.25, -0.2) is 4.98 Å². The van der Waals surface area contributed by atoms with Gasteiger partial charge in [-0.2, -0.15) is 13.2 Å². The molecule has 8 rings (SSSR count). The van der Waals surface area contributed by atoms with Crippen LogP contribution in [0.1, 0.15) is 93.2 Å². The summed E-state index contributed by atoms with van der Waals surface area (Å²) in [5.74, 6) is 4.54. The molecule has 5 aliphatic rings. The van der Waals surface area contributed by atoms with Crippen molar-refractivity contribution in [3.8, 4) is 11.6 Å². The lowest BCUT2D eigenvalue weighted by Gasteiger charge is -2.44. The standard InChI is InChI=1S/C41H50F3N3O4.CH4/c42-41(43,44)38-6-2-7-39(45-38)51-37-25-31(48)26-50-40(37)28-8-12-30(13-9-28)47-21-19-46(20-22-47)18-3-23-49-32-14-17-34-29(24-32)11-16-35-33-5-1-4-27(33)10-15-36(34)35;/h2,6-9,12-14,17,24,27,31,33,35-37,40,48H,1,3-5,10-11,15-16,18-23,25-26H2;1H4/t27?,31-,33-,35?,36-,37-,40+;/m1./s1. The van der Waals surface area contributed by atoms with E-state index < -0.39 is 30.2 Å². The van der Waals surface area contributed by atoms with Crippen molar-refractivity contribution in [2.75, 3.05) is 50.8 Å². The molecule has 3 aliphatic carbocycles. The van der Waals surface area contributed by atoms with Crippen LogP contribution in [0.25, 0.3) is 0 Å². The fraction of sp³-hybridized carbons (Fsp3) is 0.595. The first-order valence-electron chi connectivity index (χ1n) is 19.1. The molecule has 0 spiro atoms. The number of anilines is 1. The van der Waals surface area contributed by atoms with Crippen LogP contribution in [0.15, 0.2) is 60.7 Å². The Balaban J connectivity index is 0.00000420. The van der Waals surface area contributed by atoms with Crippen molar-refractivity contribution >= 4 is 5.69 Å². The van der Waals surface area contributed by atoms with Gasteiger partial charge >= 0.3 is 6.18 Å². The second kappa shape index (κ2) is 15.9. The maximum absolute atomic E-state index is 13.2. The maximum Gasteiger partial charge on any atom is 0.433 e. The number of nitrogens with zero attached hydrogens (tertiary/aromatic N) is 3. The summed E-state index contributed by atoms with van der Waals surface area (Å²) in [6, 6.07) is 18.6. The Morgan fingerprint density at radius 1 is 0.904 bits per heavy atom. The fourth-order valence-corrected chi connectivity index (χ4v) is 9.85. The number of hydrogen-bond donors (Lipinski definition) is 1. The molecule has 4 fully saturated rings. The lowest BCUT2D eigenvalue weighted by molar-refractivity contribution is -0.142. The third-order valence-corrected chi connectivity index (χ3v) is 12.3. The minimum absolute atomic E-state index is 0. The van der Waals surface area contributed by atoms with E-state index in [-0.39, 0.29) is 26.3 Å². The van der Waals surface area contributed by atoms with Crippen LogP contribution in [0.2, 0.25) is 0 Å². The van der Waals surface area contributed by atoms with Gasteiger partial charge in [0.15, 0.2) is 0 Å². The van der Waals surface area contributed by atoms with Crippen molar-refractivity contribution < 1.29 is 32.5 Å². The van der Waals surface area contributed by atoms with Crippen molar-refractivity contribution in [2.24, 2.45) is 17.8 Å². The molecule has 3 aromatic rings. The maximum atomic E-state index is 13.2. The highest BCUT2D eigenvalue weighted by Crippen LogP contribution is 2.55. The van der Waals surface area contributed by atoms with Crippen LogP contribution in [-0.4, -0.2) is 73.1 Å². The van der Waals surface area contributed by atoms with Crippen LogP contribution < -0.4 is 14.4 Å². The summed E-state index contributed by atoms with van der Waals surface area (Å²) in [4.78, 5) is 8.52. The quantitative estimate of drug-likeness (QED) is 0.223. The van der Waals surface area contributed by atoms with Gasteiger partial charge in [-0.1, -0.05) is 44.5 Å². The molecule has 282 valence electrons. The van der Waals surface area contributed by atoms with Gasteiger partial charge in [0.25, 0.3) is 0 Å². The average molecular weight is 722 g/mol. The molecular formula is C42H54F3N3O4. The van der Waals surface area contributed by atoms with Crippen LogP contribution in [0.4, 0.5) is 18.9 Å². The normalized spacial score (nSPS) is 29.0. The molecule has 2 aliphatic heterocycles. The Labute approximate surface area is 306 Å². The topological polar surface area (TPSA) is 67.3 Å². The number of aryl methyl sites for hydroxylation is 1. The Hall–Kier alpha value is -3.34. The lowest BCUT2D eigenvalue weighted by Crippen LogP contribution is -2.46. The number of aliphatic hydroxyl groups is 1. The summed E-state index contributed by atoms with van der Waals surface area (Å²) in [6.45, 7) is 5.68. The molecule has 0 radical (unpaired) electrons. The molecule has 10 heteroatoms. The molecule has 0 bridgehead atoms. The van der Waals surface area contributed by atoms with E-state index in [1.165, 1.54) is 62.6 Å². The number of aromatic nitrogens is 1. The number of rotatable bonds is 9. The van der Waals surface area contributed by atoms with Gasteiger partial charge in [0.2, 0.25) is 5.88 Å². The Kier molecular flexibility index (Phi) is 11.3. The summed E-state index contributed by atoms with van der Waals surface area (Å²) in [5, 5.41) is 10.2. The molecule has 2 unspecified atom stereocenters. The van der Waals surface area contributed by atoms with E-state index in [0.717, 1.165) is 92.5 Å². The third-order valence-electron chi connectivity index (χ3n) is 12.3. The van der Waals surface area contributed by atoms with Crippen LogP contribution >= 0.6 is 0 Å². The number of aliphatic hydroxyl groups excluding tert-OH is 1. The Morgan fingerprint density at radius 2 is 1.73 bits per heavy atom. The molecule has 7 nitrogen and oxygen atoms in total. The number of benzene rings is 2. The molecule has 3 heterocycles. The van der Waals surface area contributed by atoms with E-state index in [1.54, 1.807) is 5.56 Å². The van der Waals surface area contributed by atoms with Crippen molar-refractivity contribution in [3.05, 3.63) is 83.0 Å². The Bertz CT molecular complexity index is 1630. The van der Waals surface area contributed by atoms with E-state index >= 15 is 0 Å². The summed E-state index contributed by atoms with van der Waals surface area (Å²) in [6.07, 6.45) is 4.41. The fourth-order valence-electron chi connectivity index (χ4n) is 9.85. The summed E-state index contributed by atoms with van der Waals surface area (Å²) in [5.41, 5.74) is 4.09. The van der Waals surface area contributed by atoms with Crippen molar-refractivity contribution in [1.82, 2.24) is 9.88 Å². The smallest absolute Gasteiger partial charge is 0.433 e. The van der Waals surface area contributed by atoms with Crippen LogP contribution in [0, 0.1) is 17.8 Å².